The highest BCUT2D eigenvalue weighted by molar-refractivity contribution is 5.87. The van der Waals surface area contributed by atoms with Crippen LogP contribution in [0.15, 0.2) is 243 Å². The number of pyridine rings is 3. The second-order valence-electron chi connectivity index (χ2n) is 16.4. The molecule has 0 fully saturated rings. The Kier molecular flexibility index (Phi) is 16.8. The zero-order chi connectivity index (χ0) is 44.0. The average molecular weight is 914 g/mol. The fourth-order valence-electron chi connectivity index (χ4n) is 8.85. The van der Waals surface area contributed by atoms with Crippen molar-refractivity contribution in [1.82, 2.24) is 4.98 Å². The van der Waals surface area contributed by atoms with Gasteiger partial charge in [-0.3, -0.25) is 10.7 Å². The number of nitrogen functional groups attached to an aromatic ring is 1. The van der Waals surface area contributed by atoms with Gasteiger partial charge in [0, 0.05) is 47.6 Å². The Morgan fingerprint density at radius 3 is 1.21 bits per heavy atom. The Balaban J connectivity index is 0.000000154. The van der Waals surface area contributed by atoms with Crippen molar-refractivity contribution in [2.75, 3.05) is 5.73 Å². The van der Waals surface area contributed by atoms with Gasteiger partial charge < -0.3 is 24.8 Å². The quantitative estimate of drug-likeness (QED) is 0.152. The minimum absolute atomic E-state index is 0. The van der Waals surface area contributed by atoms with E-state index in [1.165, 1.54) is 71.0 Å². The second kappa shape index (κ2) is 23.7. The average Bonchev–Trinajstić information content (AvgIpc) is 3.37. The van der Waals surface area contributed by atoms with Crippen LogP contribution in [0.2, 0.25) is 0 Å². The molecule has 0 saturated carbocycles. The lowest BCUT2D eigenvalue weighted by atomic mass is 10.00. The molecule has 0 saturated heterocycles. The maximum absolute atomic E-state index is 5.98. The molecule has 0 bridgehead atoms. The van der Waals surface area contributed by atoms with Gasteiger partial charge in [-0.05, 0) is 91.7 Å². The van der Waals surface area contributed by atoms with Crippen LogP contribution in [0.3, 0.4) is 0 Å². The fourth-order valence-corrected chi connectivity index (χ4v) is 8.85. The second-order valence-corrected chi connectivity index (χ2v) is 16.4. The molecule has 332 valence electrons. The smallest absolute Gasteiger partial charge is 0.272 e. The van der Waals surface area contributed by atoms with Gasteiger partial charge in [-0.15, -0.1) is 0 Å². The number of halogens is 2. The number of nitrogens with two attached hydrogens (primary N) is 1. The van der Waals surface area contributed by atoms with E-state index in [0.29, 0.717) is 0 Å². The highest BCUT2D eigenvalue weighted by atomic mass is 35.5. The molecular weight excluding hydrogens is 860 g/mol. The first kappa shape index (κ1) is 47.6. The third kappa shape index (κ3) is 12.1. The minimum atomic E-state index is 0. The molecule has 6 heteroatoms. The van der Waals surface area contributed by atoms with Crippen LogP contribution in [0.25, 0.3) is 43.1 Å². The summed E-state index contributed by atoms with van der Waals surface area (Å²) in [5, 5.41) is 10.6. The normalized spacial score (nSPS) is 10.6. The summed E-state index contributed by atoms with van der Waals surface area (Å²) in [5.74, 6) is 0.783. The topological polar surface area (TPSA) is 46.7 Å². The van der Waals surface area contributed by atoms with E-state index >= 15 is 0 Å². The summed E-state index contributed by atoms with van der Waals surface area (Å²) in [4.78, 5) is 4.37. The zero-order valence-corrected chi connectivity index (χ0v) is 39.0. The van der Waals surface area contributed by atoms with Crippen molar-refractivity contribution in [2.45, 2.75) is 38.8 Å². The van der Waals surface area contributed by atoms with Crippen molar-refractivity contribution in [2.24, 2.45) is 0 Å². The van der Waals surface area contributed by atoms with Gasteiger partial charge in [0.25, 0.3) is 5.82 Å². The summed E-state index contributed by atoms with van der Waals surface area (Å²) in [6.07, 6.45) is 10.2. The van der Waals surface area contributed by atoms with E-state index in [9.17, 15) is 0 Å². The lowest BCUT2D eigenvalue weighted by Gasteiger charge is -2.08. The van der Waals surface area contributed by atoms with E-state index in [1.807, 2.05) is 42.7 Å². The molecule has 0 aliphatic heterocycles. The van der Waals surface area contributed by atoms with Gasteiger partial charge in [-0.1, -0.05) is 188 Å². The summed E-state index contributed by atoms with van der Waals surface area (Å²) in [6, 6.07) is 79.0. The van der Waals surface area contributed by atoms with Crippen LogP contribution in [-0.4, -0.2) is 4.98 Å². The van der Waals surface area contributed by atoms with E-state index in [4.69, 9.17) is 5.73 Å². The molecule has 0 unspecified atom stereocenters. The third-order valence-corrected chi connectivity index (χ3v) is 12.2. The third-order valence-electron chi connectivity index (χ3n) is 12.2. The van der Waals surface area contributed by atoms with Crippen LogP contribution in [-0.2, 0) is 38.8 Å². The predicted molar refractivity (Wildman–Crippen MR) is 271 cm³/mol. The SMILES string of the molecule is Nc1cccc[n+]1Cc1cccc2ccccc12.[Cl-].[Cl-].c1cc[n+](Cc2cccc3ccccc23)c(CCc2cccc3ccccc23)c1.c1ccc(CCc2cccc3ccccc23)nc1. The lowest BCUT2D eigenvalue weighted by molar-refractivity contribution is -0.695. The van der Waals surface area contributed by atoms with Gasteiger partial charge in [0.2, 0.25) is 0 Å². The molecule has 0 aliphatic carbocycles. The van der Waals surface area contributed by atoms with E-state index in [2.05, 4.69) is 214 Å². The highest BCUT2D eigenvalue weighted by Gasteiger charge is 2.14. The molecule has 0 aliphatic rings. The van der Waals surface area contributed by atoms with E-state index in [-0.39, 0.29) is 24.8 Å². The first-order valence-electron chi connectivity index (χ1n) is 22.6. The van der Waals surface area contributed by atoms with E-state index in [0.717, 1.165) is 50.3 Å². The van der Waals surface area contributed by atoms with Crippen molar-refractivity contribution in [3.05, 3.63) is 277 Å². The number of benzene rings is 8. The first-order valence-corrected chi connectivity index (χ1v) is 22.6. The van der Waals surface area contributed by atoms with Crippen LogP contribution >= 0.6 is 0 Å². The summed E-state index contributed by atoms with van der Waals surface area (Å²) in [7, 11) is 0. The maximum atomic E-state index is 5.98. The van der Waals surface area contributed by atoms with E-state index in [1.54, 1.807) is 0 Å². The van der Waals surface area contributed by atoms with E-state index < -0.39 is 0 Å². The number of nitrogens with zero attached hydrogens (tertiary/aromatic N) is 3. The Morgan fingerprint density at radius 2 is 0.716 bits per heavy atom. The predicted octanol–water partition coefficient (Wildman–Crippen LogP) is 6.90. The van der Waals surface area contributed by atoms with Crippen molar-refractivity contribution < 1.29 is 33.9 Å². The molecule has 8 aromatic carbocycles. The number of fused-ring (bicyclic) bond motifs is 4. The number of rotatable bonds is 10. The van der Waals surface area contributed by atoms with Crippen LogP contribution < -0.4 is 39.7 Å². The van der Waals surface area contributed by atoms with Crippen molar-refractivity contribution in [1.29, 1.82) is 0 Å². The van der Waals surface area contributed by atoms with Crippen molar-refractivity contribution >= 4 is 48.9 Å². The number of anilines is 1. The Bertz CT molecular complexity index is 3300. The summed E-state index contributed by atoms with van der Waals surface area (Å²) in [6.45, 7) is 1.70. The molecule has 67 heavy (non-hydrogen) atoms. The molecule has 11 rings (SSSR count). The van der Waals surface area contributed by atoms with Gasteiger partial charge in [-0.25, -0.2) is 4.57 Å². The monoisotopic (exact) mass is 912 g/mol. The number of aromatic nitrogens is 3. The summed E-state index contributed by atoms with van der Waals surface area (Å²) in [5.41, 5.74) is 14.0. The number of hydrogen-bond donors (Lipinski definition) is 1. The summed E-state index contributed by atoms with van der Waals surface area (Å²) < 4.78 is 4.45. The standard InChI is InChI=1S/C28H24N.C17H15N.C16H14N2.2ClH/c1-3-16-27-22(9-1)11-7-13-24(27)18-19-26-15-5-6-20-29(26)21-25-14-8-12-23-10-2-4-17-28(23)25;1-2-10-17-14(6-1)7-5-8-15(17)11-12-16-9-3-4-13-18-16;17-16-10-3-4-11-18(16)12-14-8-5-7-13-6-1-2-9-15(13)14;;/h1-17,20H,18-19,21H2;1-10,13H,11-12H2;1-11,17H,12H2;2*1H/q+1;;;;/p-1. The molecule has 4 nitrogen and oxygen atoms in total. The summed E-state index contributed by atoms with van der Waals surface area (Å²) >= 11 is 0. The largest absolute Gasteiger partial charge is 1.00 e. The molecule has 2 N–H and O–H groups in total. The van der Waals surface area contributed by atoms with Gasteiger partial charge in [-0.2, -0.15) is 4.57 Å². The van der Waals surface area contributed by atoms with Crippen LogP contribution in [0.4, 0.5) is 5.82 Å². The molecule has 0 atom stereocenters. The first-order chi connectivity index (χ1) is 32.2. The van der Waals surface area contributed by atoms with Gasteiger partial charge in [0.05, 0.1) is 6.20 Å². The zero-order valence-electron chi connectivity index (χ0n) is 37.5. The van der Waals surface area contributed by atoms with Gasteiger partial charge >= 0.3 is 0 Å². The van der Waals surface area contributed by atoms with Crippen LogP contribution in [0.5, 0.6) is 0 Å². The van der Waals surface area contributed by atoms with Crippen LogP contribution in [0, 0.1) is 0 Å². The molecule has 0 amide bonds. The van der Waals surface area contributed by atoms with Crippen molar-refractivity contribution in [3.63, 3.8) is 0 Å². The molecule has 3 aromatic heterocycles. The Morgan fingerprint density at radius 1 is 0.328 bits per heavy atom. The number of hydrogen-bond acceptors (Lipinski definition) is 2. The minimum Gasteiger partial charge on any atom is -1.00 e. The molecule has 0 spiro atoms. The number of aryl methyl sites for hydroxylation is 4. The van der Waals surface area contributed by atoms with Gasteiger partial charge in [0.15, 0.2) is 18.4 Å². The fraction of sp³-hybridized carbons (Fsp3) is 0.0984. The molecular formula is C61H54Cl2N4. The molecule has 0 radical (unpaired) electrons. The Hall–Kier alpha value is -7.37. The maximum Gasteiger partial charge on any atom is 0.272 e. The highest BCUT2D eigenvalue weighted by Crippen LogP contribution is 2.23. The molecule has 3 heterocycles. The molecule has 11 aromatic rings. The van der Waals surface area contributed by atoms with Gasteiger partial charge in [0.1, 0.15) is 6.54 Å². The Labute approximate surface area is 406 Å². The van der Waals surface area contributed by atoms with Crippen LogP contribution in [0.1, 0.15) is 33.6 Å². The van der Waals surface area contributed by atoms with Crippen molar-refractivity contribution in [3.8, 4) is 0 Å². The lowest BCUT2D eigenvalue weighted by Crippen LogP contribution is -3.00.